The number of para-hydroxylation sites is 1. The quantitative estimate of drug-likeness (QED) is 0.609. The summed E-state index contributed by atoms with van der Waals surface area (Å²) in [6.45, 7) is 0. The van der Waals surface area contributed by atoms with Gasteiger partial charge in [-0.3, -0.25) is 4.48 Å². The van der Waals surface area contributed by atoms with E-state index in [0.29, 0.717) is 0 Å². The maximum atomic E-state index is 12.5. The van der Waals surface area contributed by atoms with E-state index >= 15 is 0 Å². The Hall–Kier alpha value is -3.49. The highest BCUT2D eigenvalue weighted by molar-refractivity contribution is 7.91. The second-order valence-electron chi connectivity index (χ2n) is 7.44. The zero-order chi connectivity index (χ0) is 23.2. The number of benzene rings is 3. The summed E-state index contributed by atoms with van der Waals surface area (Å²) in [5, 5.41) is 20.1. The van der Waals surface area contributed by atoms with Crippen LogP contribution in [0.3, 0.4) is 0 Å². The van der Waals surface area contributed by atoms with Gasteiger partial charge in [0.1, 0.15) is 5.69 Å². The van der Waals surface area contributed by atoms with Crippen LogP contribution in [0.1, 0.15) is 20.7 Å². The molecular weight excluding hydrogens is 418 g/mol. The molecule has 7 nitrogen and oxygen atoms in total. The maximum absolute atomic E-state index is 12.5. The fourth-order valence-corrected chi connectivity index (χ4v) is 4.38. The third-order valence-electron chi connectivity index (χ3n) is 4.33. The fourth-order valence-electron chi connectivity index (χ4n) is 2.74. The maximum Gasteiger partial charge on any atom is 0.337 e. The highest BCUT2D eigenvalue weighted by Crippen LogP contribution is 2.26. The van der Waals surface area contributed by atoms with Gasteiger partial charge in [0.25, 0.3) is 0 Å². The van der Waals surface area contributed by atoms with Crippen LogP contribution in [0.15, 0.2) is 88.7 Å². The topological polar surface area (TPSA) is 112 Å². The minimum atomic E-state index is -4.29. The predicted octanol–water partition coefficient (Wildman–Crippen LogP) is 2.46. The first-order valence-corrected chi connectivity index (χ1v) is 10.7. The van der Waals surface area contributed by atoms with Gasteiger partial charge in [0.2, 0.25) is 9.84 Å². The van der Waals surface area contributed by atoms with Gasteiger partial charge < -0.3 is 15.0 Å². The molecule has 0 fully saturated rings. The number of carboxylic acids is 2. The Balaban J connectivity index is 0.000000285. The van der Waals surface area contributed by atoms with Crippen molar-refractivity contribution >= 4 is 27.5 Å². The first-order chi connectivity index (χ1) is 14.5. The number of hydrogen-bond acceptors (Lipinski definition) is 5. The van der Waals surface area contributed by atoms with Crippen LogP contribution in [0.2, 0.25) is 0 Å². The standard InChI is InChI=1S/C14H10O6S.C9H14N/c15-13(16)9-5-1-3-7-11(9)21(19,20)12-8-4-2-6-10(12)14(17)18;1-10(2,3)9-7-5-4-6-8-9/h1-8H,(H,15,16)(H,17,18);4-8H,1-3H3/q;+1/p-1. The summed E-state index contributed by atoms with van der Waals surface area (Å²) in [4.78, 5) is 21.2. The van der Waals surface area contributed by atoms with E-state index in [1.165, 1.54) is 30.0 Å². The van der Waals surface area contributed by atoms with Crippen LogP contribution in [0.5, 0.6) is 0 Å². The van der Waals surface area contributed by atoms with Crippen molar-refractivity contribution in [3.63, 3.8) is 0 Å². The van der Waals surface area contributed by atoms with Crippen LogP contribution in [0, 0.1) is 0 Å². The Labute approximate surface area is 181 Å². The van der Waals surface area contributed by atoms with Crippen molar-refractivity contribution in [1.82, 2.24) is 4.48 Å². The summed E-state index contributed by atoms with van der Waals surface area (Å²) in [6.07, 6.45) is 0. The summed E-state index contributed by atoms with van der Waals surface area (Å²) in [7, 11) is 2.19. The molecule has 162 valence electrons. The Morgan fingerprint density at radius 2 is 1.16 bits per heavy atom. The third kappa shape index (κ3) is 5.78. The molecule has 0 unspecified atom stereocenters. The van der Waals surface area contributed by atoms with Crippen molar-refractivity contribution < 1.29 is 28.2 Å². The van der Waals surface area contributed by atoms with Crippen LogP contribution in [-0.2, 0) is 9.84 Å². The highest BCUT2D eigenvalue weighted by Gasteiger charge is 2.26. The van der Waals surface area contributed by atoms with Crippen LogP contribution in [0.25, 0.3) is 0 Å². The molecule has 0 aliphatic carbocycles. The number of nitrogens with zero attached hydrogens (tertiary/aromatic N) is 1. The Kier molecular flexibility index (Phi) is 7.32. The molecule has 8 heteroatoms. The minimum absolute atomic E-state index is 0.425. The van der Waals surface area contributed by atoms with Crippen LogP contribution in [-0.4, -0.2) is 46.6 Å². The van der Waals surface area contributed by atoms with E-state index in [4.69, 9.17) is 5.11 Å². The van der Waals surface area contributed by atoms with Gasteiger partial charge in [0, 0.05) is 5.56 Å². The van der Waals surface area contributed by atoms with Gasteiger partial charge in [-0.05, 0) is 30.3 Å². The SMILES string of the molecule is C[N+](C)(C)c1ccccc1.O=C([O-])c1ccccc1S(=O)(=O)c1ccccc1C(=O)O. The summed E-state index contributed by atoms with van der Waals surface area (Å²) < 4.78 is 25.9. The lowest BCUT2D eigenvalue weighted by molar-refractivity contribution is -0.255. The molecule has 0 aromatic heterocycles. The number of hydrogen-bond donors (Lipinski definition) is 1. The van der Waals surface area contributed by atoms with E-state index in [1.54, 1.807) is 0 Å². The normalized spacial score (nSPS) is 11.2. The lowest BCUT2D eigenvalue weighted by atomic mass is 10.2. The van der Waals surface area contributed by atoms with Crippen LogP contribution in [0.4, 0.5) is 5.69 Å². The Morgan fingerprint density at radius 1 is 0.742 bits per heavy atom. The van der Waals surface area contributed by atoms with Crippen molar-refractivity contribution in [1.29, 1.82) is 0 Å². The molecule has 0 radical (unpaired) electrons. The molecule has 0 heterocycles. The van der Waals surface area contributed by atoms with Gasteiger partial charge in [0.05, 0.1) is 42.5 Å². The molecule has 0 saturated carbocycles. The lowest BCUT2D eigenvalue weighted by Gasteiger charge is -2.22. The molecule has 0 aliphatic rings. The van der Waals surface area contributed by atoms with Crippen molar-refractivity contribution in [2.75, 3.05) is 21.1 Å². The fraction of sp³-hybridized carbons (Fsp3) is 0.130. The second kappa shape index (κ2) is 9.55. The van der Waals surface area contributed by atoms with Crippen LogP contribution < -0.4 is 9.59 Å². The van der Waals surface area contributed by atoms with Crippen molar-refractivity contribution in [3.8, 4) is 0 Å². The van der Waals surface area contributed by atoms with Gasteiger partial charge >= 0.3 is 5.97 Å². The zero-order valence-electron chi connectivity index (χ0n) is 17.3. The number of rotatable bonds is 5. The summed E-state index contributed by atoms with van der Waals surface area (Å²) in [6, 6.07) is 20.3. The monoisotopic (exact) mass is 441 g/mol. The van der Waals surface area contributed by atoms with Gasteiger partial charge in [-0.25, -0.2) is 13.2 Å². The van der Waals surface area contributed by atoms with Gasteiger partial charge in [0.15, 0.2) is 0 Å². The number of carbonyl (C=O) groups is 2. The van der Waals surface area contributed by atoms with Crippen molar-refractivity contribution in [3.05, 3.63) is 90.0 Å². The first kappa shape index (κ1) is 23.8. The molecular formula is C23H23NO6S. The molecule has 0 atom stereocenters. The number of carbonyl (C=O) groups excluding carboxylic acids is 1. The minimum Gasteiger partial charge on any atom is -0.545 e. The van der Waals surface area contributed by atoms with E-state index in [9.17, 15) is 23.1 Å². The Bertz CT molecular complexity index is 1120. The second-order valence-corrected chi connectivity index (χ2v) is 9.32. The molecule has 0 amide bonds. The number of quaternary nitrogens is 1. The average molecular weight is 442 g/mol. The molecule has 31 heavy (non-hydrogen) atoms. The molecule has 0 bridgehead atoms. The largest absolute Gasteiger partial charge is 0.545 e. The first-order valence-electron chi connectivity index (χ1n) is 9.21. The lowest BCUT2D eigenvalue weighted by Crippen LogP contribution is -2.34. The van der Waals surface area contributed by atoms with E-state index < -0.39 is 42.7 Å². The molecule has 0 saturated heterocycles. The van der Waals surface area contributed by atoms with Crippen LogP contribution >= 0.6 is 0 Å². The molecule has 0 aliphatic heterocycles. The number of sulfone groups is 1. The number of aromatic carboxylic acids is 2. The van der Waals surface area contributed by atoms with E-state index in [1.807, 2.05) is 6.07 Å². The molecule has 3 aromatic carbocycles. The van der Waals surface area contributed by atoms with Crippen molar-refractivity contribution in [2.45, 2.75) is 9.79 Å². The molecule has 3 rings (SSSR count). The van der Waals surface area contributed by atoms with Gasteiger partial charge in [-0.2, -0.15) is 0 Å². The van der Waals surface area contributed by atoms with E-state index in [2.05, 4.69) is 45.4 Å². The Morgan fingerprint density at radius 3 is 1.58 bits per heavy atom. The summed E-state index contributed by atoms with van der Waals surface area (Å²) in [5.74, 6) is -3.07. The van der Waals surface area contributed by atoms with Gasteiger partial charge in [-0.1, -0.05) is 48.5 Å². The smallest absolute Gasteiger partial charge is 0.337 e. The van der Waals surface area contributed by atoms with Gasteiger partial charge in [-0.15, -0.1) is 0 Å². The van der Waals surface area contributed by atoms with E-state index in [-0.39, 0.29) is 0 Å². The summed E-state index contributed by atoms with van der Waals surface area (Å²) in [5.41, 5.74) is 0.394. The number of carboxylic acid groups (broad SMARTS) is 2. The highest BCUT2D eigenvalue weighted by atomic mass is 32.2. The molecule has 3 aromatic rings. The summed E-state index contributed by atoms with van der Waals surface area (Å²) >= 11 is 0. The molecule has 0 spiro atoms. The zero-order valence-corrected chi connectivity index (χ0v) is 18.2. The predicted molar refractivity (Wildman–Crippen MR) is 116 cm³/mol. The third-order valence-corrected chi connectivity index (χ3v) is 6.20. The van der Waals surface area contributed by atoms with E-state index in [0.717, 1.165) is 28.7 Å². The van der Waals surface area contributed by atoms with Crippen molar-refractivity contribution in [2.24, 2.45) is 0 Å². The molecule has 1 N–H and O–H groups in total. The average Bonchev–Trinajstić information content (AvgIpc) is 2.74.